The molecular weight excluding hydrogens is 1020 g/mol. The van der Waals surface area contributed by atoms with E-state index in [-0.39, 0.29) is 31.1 Å². The lowest BCUT2D eigenvalue weighted by Gasteiger charge is -2.18. The van der Waals surface area contributed by atoms with Crippen molar-refractivity contribution in [1.82, 2.24) is 0 Å². The Bertz CT molecular complexity index is 1610. The summed E-state index contributed by atoms with van der Waals surface area (Å²) >= 11 is 0. The third-order valence-corrected chi connectivity index (χ3v) is 15.6. The third-order valence-electron chi connectivity index (χ3n) is 15.6. The highest BCUT2D eigenvalue weighted by Crippen LogP contribution is 2.17. The van der Waals surface area contributed by atoms with Gasteiger partial charge in [0.05, 0.1) is 0 Å². The minimum absolute atomic E-state index is 0.0802. The van der Waals surface area contributed by atoms with E-state index in [1.54, 1.807) is 0 Å². The molecule has 0 aromatic rings. The standard InChI is InChI=1S/C77H134O6/c1-4-7-10-13-16-19-22-25-27-29-31-33-35-37-38-40-41-43-45-47-49-52-55-58-61-64-67-70-76(79)82-73-74(72-81-75(78)69-66-63-60-57-54-51-24-21-18-15-12-9-6-3)83-77(80)71-68-65-62-59-56-53-50-48-46-44-42-39-36-34-32-30-28-26-23-20-17-14-11-8-5-2/h7,10,16,19,25,27,30-33,37-38,41,43,47,49,74H,4-6,8-9,11-15,17-18,20-24,26,28-29,34-36,39-40,42,44-46,48,50-73H2,1-3H3/b10-7-,19-16-,27-25-,32-30-,33-31-,38-37-,43-41-,49-47-. The molecule has 0 radical (unpaired) electrons. The summed E-state index contributed by atoms with van der Waals surface area (Å²) in [5.41, 5.74) is 0. The first-order valence-electron chi connectivity index (χ1n) is 35.7. The minimum atomic E-state index is -0.786. The highest BCUT2D eigenvalue weighted by molar-refractivity contribution is 5.71. The lowest BCUT2D eigenvalue weighted by molar-refractivity contribution is -0.167. The van der Waals surface area contributed by atoms with E-state index in [2.05, 4.69) is 118 Å². The third kappa shape index (κ3) is 69.0. The Hall–Kier alpha value is -3.67. The van der Waals surface area contributed by atoms with E-state index in [0.717, 1.165) is 122 Å². The van der Waals surface area contributed by atoms with E-state index in [9.17, 15) is 14.4 Å². The van der Waals surface area contributed by atoms with Gasteiger partial charge in [0.25, 0.3) is 0 Å². The van der Waals surface area contributed by atoms with E-state index in [0.29, 0.717) is 19.3 Å². The summed E-state index contributed by atoms with van der Waals surface area (Å²) < 4.78 is 17.0. The van der Waals surface area contributed by atoms with Gasteiger partial charge in [-0.1, -0.05) is 330 Å². The van der Waals surface area contributed by atoms with Crippen LogP contribution < -0.4 is 0 Å². The van der Waals surface area contributed by atoms with Crippen molar-refractivity contribution in [3.8, 4) is 0 Å². The van der Waals surface area contributed by atoms with E-state index < -0.39 is 6.10 Å². The molecule has 0 heterocycles. The maximum Gasteiger partial charge on any atom is 0.306 e. The molecule has 6 nitrogen and oxygen atoms in total. The predicted octanol–water partition coefficient (Wildman–Crippen LogP) is 24.8. The zero-order valence-corrected chi connectivity index (χ0v) is 54.9. The monoisotopic (exact) mass is 1160 g/mol. The molecule has 0 aliphatic carbocycles. The van der Waals surface area contributed by atoms with Crippen LogP contribution in [0.25, 0.3) is 0 Å². The van der Waals surface area contributed by atoms with Gasteiger partial charge in [0, 0.05) is 19.3 Å². The van der Waals surface area contributed by atoms with Gasteiger partial charge in [-0.3, -0.25) is 14.4 Å². The number of rotatable bonds is 65. The summed E-state index contributed by atoms with van der Waals surface area (Å²) in [5.74, 6) is -0.883. The zero-order valence-electron chi connectivity index (χ0n) is 54.9. The van der Waals surface area contributed by atoms with E-state index in [1.807, 2.05) is 0 Å². The molecule has 6 heteroatoms. The summed E-state index contributed by atoms with van der Waals surface area (Å²) in [6.45, 7) is 6.55. The first kappa shape index (κ1) is 79.3. The van der Waals surface area contributed by atoms with E-state index >= 15 is 0 Å². The highest BCUT2D eigenvalue weighted by atomic mass is 16.6. The van der Waals surface area contributed by atoms with Gasteiger partial charge >= 0.3 is 17.9 Å². The van der Waals surface area contributed by atoms with Crippen molar-refractivity contribution < 1.29 is 28.6 Å². The van der Waals surface area contributed by atoms with Crippen LogP contribution in [0, 0.1) is 0 Å². The topological polar surface area (TPSA) is 78.9 Å². The zero-order chi connectivity index (χ0) is 59.9. The number of esters is 3. The summed E-state index contributed by atoms with van der Waals surface area (Å²) in [5, 5.41) is 0. The number of unbranched alkanes of at least 4 members (excludes halogenated alkanes) is 38. The molecule has 0 amide bonds. The molecule has 0 aliphatic rings. The van der Waals surface area contributed by atoms with Crippen molar-refractivity contribution in [2.75, 3.05) is 13.2 Å². The van der Waals surface area contributed by atoms with Crippen LogP contribution in [0.2, 0.25) is 0 Å². The molecule has 0 aromatic carbocycles. The number of ether oxygens (including phenoxy) is 3. The van der Waals surface area contributed by atoms with Crippen molar-refractivity contribution in [1.29, 1.82) is 0 Å². The van der Waals surface area contributed by atoms with Crippen LogP contribution in [0.3, 0.4) is 0 Å². The SMILES string of the molecule is CC/C=C\C/C=C\C/C=C\C/C=C\C/C=C\C/C=C\C/C=C\CCCCCCCC(=O)OCC(COC(=O)CCCCCCCCCCCCCCC)OC(=O)CCCCCCCCCCCCCCC/C=C\CCCCCCCCCC. The van der Waals surface area contributed by atoms with Crippen LogP contribution in [-0.4, -0.2) is 37.2 Å². The van der Waals surface area contributed by atoms with Crippen LogP contribution in [0.15, 0.2) is 97.2 Å². The molecule has 1 atom stereocenters. The van der Waals surface area contributed by atoms with Gasteiger partial charge in [0.1, 0.15) is 13.2 Å². The first-order chi connectivity index (χ1) is 41.0. The molecule has 0 fully saturated rings. The van der Waals surface area contributed by atoms with Crippen LogP contribution in [0.4, 0.5) is 0 Å². The van der Waals surface area contributed by atoms with Gasteiger partial charge in [-0.25, -0.2) is 0 Å². The fourth-order valence-corrected chi connectivity index (χ4v) is 10.2. The van der Waals surface area contributed by atoms with E-state index in [4.69, 9.17) is 14.2 Å². The second-order valence-electron chi connectivity index (χ2n) is 23.8. The molecule has 0 saturated heterocycles. The summed E-state index contributed by atoms with van der Waals surface area (Å²) in [4.78, 5) is 38.4. The molecule has 83 heavy (non-hydrogen) atoms. The van der Waals surface area contributed by atoms with Crippen LogP contribution in [0.5, 0.6) is 0 Å². The van der Waals surface area contributed by atoms with Crippen molar-refractivity contribution in [2.24, 2.45) is 0 Å². The Morgan fingerprint density at radius 2 is 0.470 bits per heavy atom. The Balaban J connectivity index is 4.33. The number of hydrogen-bond acceptors (Lipinski definition) is 6. The number of carbonyl (C=O) groups is 3. The molecule has 0 aliphatic heterocycles. The van der Waals surface area contributed by atoms with Crippen LogP contribution >= 0.6 is 0 Å². The largest absolute Gasteiger partial charge is 0.462 e. The molecule has 0 bridgehead atoms. The van der Waals surface area contributed by atoms with Gasteiger partial charge in [-0.05, 0) is 103 Å². The smallest absolute Gasteiger partial charge is 0.306 e. The number of allylic oxidation sites excluding steroid dienone is 16. The van der Waals surface area contributed by atoms with Crippen molar-refractivity contribution in [2.45, 2.75) is 361 Å². The Morgan fingerprint density at radius 3 is 0.747 bits per heavy atom. The Kier molecular flexibility index (Phi) is 67.7. The van der Waals surface area contributed by atoms with Gasteiger partial charge < -0.3 is 14.2 Å². The second-order valence-corrected chi connectivity index (χ2v) is 23.8. The van der Waals surface area contributed by atoms with Crippen LogP contribution in [-0.2, 0) is 28.6 Å². The number of carbonyl (C=O) groups excluding carboxylic acids is 3. The van der Waals surface area contributed by atoms with Crippen molar-refractivity contribution >= 4 is 17.9 Å². The average Bonchev–Trinajstić information content (AvgIpc) is 3.49. The normalized spacial score (nSPS) is 12.7. The predicted molar refractivity (Wildman–Crippen MR) is 362 cm³/mol. The van der Waals surface area contributed by atoms with Crippen molar-refractivity contribution in [3.63, 3.8) is 0 Å². The molecule has 0 saturated carbocycles. The lowest BCUT2D eigenvalue weighted by atomic mass is 10.0. The van der Waals surface area contributed by atoms with E-state index in [1.165, 1.54) is 193 Å². The molecule has 478 valence electrons. The number of hydrogen-bond donors (Lipinski definition) is 0. The fraction of sp³-hybridized carbons (Fsp3) is 0.753. The maximum atomic E-state index is 13.0. The average molecular weight is 1160 g/mol. The maximum absolute atomic E-state index is 13.0. The second kappa shape index (κ2) is 70.8. The van der Waals surface area contributed by atoms with Gasteiger partial charge in [0.15, 0.2) is 6.10 Å². The first-order valence-corrected chi connectivity index (χ1v) is 35.7. The quantitative estimate of drug-likeness (QED) is 0.0261. The summed E-state index contributed by atoms with van der Waals surface area (Å²) in [6, 6.07) is 0. The molecule has 0 rings (SSSR count). The minimum Gasteiger partial charge on any atom is -0.462 e. The molecule has 0 spiro atoms. The summed E-state index contributed by atoms with van der Waals surface area (Å²) in [7, 11) is 0. The molecule has 0 N–H and O–H groups in total. The van der Waals surface area contributed by atoms with Gasteiger partial charge in [0.2, 0.25) is 0 Å². The van der Waals surface area contributed by atoms with Crippen LogP contribution in [0.1, 0.15) is 355 Å². The molecule has 0 aromatic heterocycles. The summed E-state index contributed by atoms with van der Waals surface area (Å²) in [6.07, 6.45) is 95.7. The van der Waals surface area contributed by atoms with Crippen molar-refractivity contribution in [3.05, 3.63) is 97.2 Å². The van der Waals surface area contributed by atoms with Gasteiger partial charge in [-0.2, -0.15) is 0 Å². The molecular formula is C77H134O6. The molecule has 1 unspecified atom stereocenters. The fourth-order valence-electron chi connectivity index (χ4n) is 10.2. The Morgan fingerprint density at radius 1 is 0.253 bits per heavy atom. The lowest BCUT2D eigenvalue weighted by Crippen LogP contribution is -2.30. The Labute approximate surface area is 515 Å². The van der Waals surface area contributed by atoms with Gasteiger partial charge in [-0.15, -0.1) is 0 Å². The highest BCUT2D eigenvalue weighted by Gasteiger charge is 2.19.